The van der Waals surface area contributed by atoms with Crippen molar-refractivity contribution in [2.45, 2.75) is 27.2 Å². The molecule has 2 N–H and O–H groups in total. The topological polar surface area (TPSA) is 26.0 Å². The standard InChI is InChI=1S/C19H25N/c1-7-8-18-10-9-17(11-13(2)3)12-19(18)15(5)14(4)16(6)20/h7-10,12-13H,4-6,11,20H2,1-3H3/b8-7-. The monoisotopic (exact) mass is 267 g/mol. The first-order chi connectivity index (χ1) is 9.36. The molecule has 1 rings (SSSR count). The molecule has 20 heavy (non-hydrogen) atoms. The molecule has 1 nitrogen and oxygen atoms in total. The second-order valence-electron chi connectivity index (χ2n) is 5.50. The van der Waals surface area contributed by atoms with Gasteiger partial charge < -0.3 is 5.73 Å². The predicted octanol–water partition coefficient (Wildman–Crippen LogP) is 4.96. The van der Waals surface area contributed by atoms with Crippen LogP contribution < -0.4 is 5.73 Å². The molecule has 0 aliphatic heterocycles. The lowest BCUT2D eigenvalue weighted by atomic mass is 9.91. The van der Waals surface area contributed by atoms with Crippen LogP contribution in [0.5, 0.6) is 0 Å². The van der Waals surface area contributed by atoms with Gasteiger partial charge in [-0.25, -0.2) is 0 Å². The van der Waals surface area contributed by atoms with Crippen molar-refractivity contribution in [3.05, 3.63) is 72.0 Å². The summed E-state index contributed by atoms with van der Waals surface area (Å²) in [6.45, 7) is 18.3. The number of hydrogen-bond donors (Lipinski definition) is 1. The van der Waals surface area contributed by atoms with Gasteiger partial charge in [0.25, 0.3) is 0 Å². The van der Waals surface area contributed by atoms with E-state index in [1.807, 2.05) is 13.0 Å². The normalized spacial score (nSPS) is 11.0. The van der Waals surface area contributed by atoms with Gasteiger partial charge in [0.15, 0.2) is 0 Å². The van der Waals surface area contributed by atoms with E-state index in [0.717, 1.165) is 23.1 Å². The zero-order valence-corrected chi connectivity index (χ0v) is 12.9. The van der Waals surface area contributed by atoms with E-state index >= 15 is 0 Å². The van der Waals surface area contributed by atoms with Crippen molar-refractivity contribution >= 4 is 11.6 Å². The Labute approximate surface area is 123 Å². The van der Waals surface area contributed by atoms with Crippen LogP contribution in [0, 0.1) is 5.92 Å². The summed E-state index contributed by atoms with van der Waals surface area (Å²) >= 11 is 0. The molecule has 1 heteroatoms. The van der Waals surface area contributed by atoms with Crippen LogP contribution in [0.2, 0.25) is 0 Å². The highest BCUT2D eigenvalue weighted by Crippen LogP contribution is 2.28. The van der Waals surface area contributed by atoms with E-state index in [9.17, 15) is 0 Å². The summed E-state index contributed by atoms with van der Waals surface area (Å²) in [6, 6.07) is 6.49. The molecule has 0 unspecified atom stereocenters. The van der Waals surface area contributed by atoms with E-state index in [4.69, 9.17) is 5.73 Å². The quantitative estimate of drug-likeness (QED) is 0.724. The van der Waals surface area contributed by atoms with Crippen LogP contribution in [0.25, 0.3) is 11.6 Å². The number of benzene rings is 1. The second-order valence-corrected chi connectivity index (χ2v) is 5.50. The Morgan fingerprint density at radius 3 is 2.40 bits per heavy atom. The van der Waals surface area contributed by atoms with Crippen molar-refractivity contribution in [2.75, 3.05) is 0 Å². The molecule has 0 amide bonds. The second kappa shape index (κ2) is 6.95. The SMILES string of the molecule is C=C(N)C(=C)C(=C)c1cc(CC(C)C)ccc1/C=C\C. The summed E-state index contributed by atoms with van der Waals surface area (Å²) in [5, 5.41) is 0. The number of hydrogen-bond acceptors (Lipinski definition) is 1. The van der Waals surface area contributed by atoms with Gasteiger partial charge in [-0.2, -0.15) is 0 Å². The molecule has 0 aliphatic rings. The minimum atomic E-state index is 0.468. The Bertz CT molecular complexity index is 559. The van der Waals surface area contributed by atoms with E-state index in [-0.39, 0.29) is 0 Å². The molecule has 0 atom stereocenters. The Hall–Kier alpha value is -2.02. The Kier molecular flexibility index (Phi) is 5.57. The zero-order valence-electron chi connectivity index (χ0n) is 12.9. The molecule has 0 saturated carbocycles. The van der Waals surface area contributed by atoms with Gasteiger partial charge in [-0.1, -0.05) is 63.9 Å². The lowest BCUT2D eigenvalue weighted by molar-refractivity contribution is 0.647. The lowest BCUT2D eigenvalue weighted by Gasteiger charge is -2.15. The van der Waals surface area contributed by atoms with E-state index in [0.29, 0.717) is 17.2 Å². The molecule has 0 heterocycles. The maximum atomic E-state index is 5.74. The van der Waals surface area contributed by atoms with Gasteiger partial charge in [-0.15, -0.1) is 0 Å². The molecule has 0 fully saturated rings. The Balaban J connectivity index is 3.28. The molecule has 0 saturated heterocycles. The third kappa shape index (κ3) is 3.99. The van der Waals surface area contributed by atoms with Crippen molar-refractivity contribution in [3.8, 4) is 0 Å². The van der Waals surface area contributed by atoms with Crippen molar-refractivity contribution in [2.24, 2.45) is 11.7 Å². The van der Waals surface area contributed by atoms with E-state index in [1.165, 1.54) is 5.56 Å². The smallest absolute Gasteiger partial charge is 0.0314 e. The fourth-order valence-corrected chi connectivity index (χ4v) is 2.14. The highest BCUT2D eigenvalue weighted by atomic mass is 14.6. The van der Waals surface area contributed by atoms with Crippen molar-refractivity contribution < 1.29 is 0 Å². The Morgan fingerprint density at radius 2 is 1.90 bits per heavy atom. The van der Waals surface area contributed by atoms with E-state index in [2.05, 4.69) is 57.9 Å². The molecule has 0 aliphatic carbocycles. The van der Waals surface area contributed by atoms with E-state index < -0.39 is 0 Å². The molecular formula is C19H25N. The Morgan fingerprint density at radius 1 is 1.25 bits per heavy atom. The third-order valence-electron chi connectivity index (χ3n) is 3.18. The third-order valence-corrected chi connectivity index (χ3v) is 3.18. The van der Waals surface area contributed by atoms with Crippen LogP contribution in [0.1, 0.15) is 37.5 Å². The van der Waals surface area contributed by atoms with Gasteiger partial charge in [0, 0.05) is 5.70 Å². The number of rotatable bonds is 6. The predicted molar refractivity (Wildman–Crippen MR) is 91.2 cm³/mol. The highest BCUT2D eigenvalue weighted by molar-refractivity contribution is 5.85. The maximum absolute atomic E-state index is 5.74. The summed E-state index contributed by atoms with van der Waals surface area (Å²) in [5.74, 6) is 0.622. The molecule has 1 aromatic rings. The largest absolute Gasteiger partial charge is 0.399 e. The van der Waals surface area contributed by atoms with Crippen LogP contribution in [0.15, 0.2) is 55.3 Å². The fraction of sp³-hybridized carbons (Fsp3) is 0.263. The zero-order chi connectivity index (χ0) is 15.3. The van der Waals surface area contributed by atoms with Crippen LogP contribution in [-0.2, 0) is 6.42 Å². The first-order valence-electron chi connectivity index (χ1n) is 6.95. The minimum absolute atomic E-state index is 0.468. The van der Waals surface area contributed by atoms with Crippen LogP contribution in [-0.4, -0.2) is 0 Å². The van der Waals surface area contributed by atoms with Gasteiger partial charge in [-0.3, -0.25) is 0 Å². The fourth-order valence-electron chi connectivity index (χ4n) is 2.14. The summed E-state index contributed by atoms with van der Waals surface area (Å²) in [6.07, 6.45) is 5.15. The lowest BCUT2D eigenvalue weighted by Crippen LogP contribution is -2.02. The van der Waals surface area contributed by atoms with Crippen molar-refractivity contribution in [1.29, 1.82) is 0 Å². The van der Waals surface area contributed by atoms with Gasteiger partial charge in [0.1, 0.15) is 0 Å². The maximum Gasteiger partial charge on any atom is 0.0314 e. The number of nitrogens with two attached hydrogens (primary N) is 1. The first-order valence-corrected chi connectivity index (χ1v) is 6.95. The average Bonchev–Trinajstić information content (AvgIpc) is 2.38. The molecule has 0 bridgehead atoms. The van der Waals surface area contributed by atoms with Gasteiger partial charge in [0.05, 0.1) is 0 Å². The summed E-state index contributed by atoms with van der Waals surface area (Å²) in [5.41, 5.74) is 11.3. The van der Waals surface area contributed by atoms with Gasteiger partial charge in [0.2, 0.25) is 0 Å². The number of allylic oxidation sites excluding steroid dienone is 2. The molecule has 106 valence electrons. The van der Waals surface area contributed by atoms with Crippen LogP contribution >= 0.6 is 0 Å². The summed E-state index contributed by atoms with van der Waals surface area (Å²) in [7, 11) is 0. The molecule has 0 spiro atoms. The first kappa shape index (κ1) is 16.0. The highest BCUT2D eigenvalue weighted by Gasteiger charge is 2.10. The van der Waals surface area contributed by atoms with E-state index in [1.54, 1.807) is 0 Å². The molecular weight excluding hydrogens is 242 g/mol. The molecule has 0 aromatic heterocycles. The minimum Gasteiger partial charge on any atom is -0.399 e. The van der Waals surface area contributed by atoms with Crippen LogP contribution in [0.4, 0.5) is 0 Å². The van der Waals surface area contributed by atoms with Crippen molar-refractivity contribution in [1.82, 2.24) is 0 Å². The van der Waals surface area contributed by atoms with Crippen molar-refractivity contribution in [3.63, 3.8) is 0 Å². The van der Waals surface area contributed by atoms with Gasteiger partial charge >= 0.3 is 0 Å². The average molecular weight is 267 g/mol. The molecule has 1 aromatic carbocycles. The van der Waals surface area contributed by atoms with Gasteiger partial charge in [-0.05, 0) is 47.1 Å². The van der Waals surface area contributed by atoms with Crippen LogP contribution in [0.3, 0.4) is 0 Å². The summed E-state index contributed by atoms with van der Waals surface area (Å²) in [4.78, 5) is 0. The molecule has 0 radical (unpaired) electrons. The summed E-state index contributed by atoms with van der Waals surface area (Å²) < 4.78 is 0.